The minimum atomic E-state index is -0.297. The monoisotopic (exact) mass is 425 g/mol. The van der Waals surface area contributed by atoms with E-state index in [0.29, 0.717) is 26.4 Å². The van der Waals surface area contributed by atoms with Crippen molar-refractivity contribution in [2.75, 3.05) is 33.0 Å². The van der Waals surface area contributed by atoms with Crippen LogP contribution in [0.25, 0.3) is 16.6 Å². The Morgan fingerprint density at radius 2 is 1.77 bits per heavy atom. The van der Waals surface area contributed by atoms with Crippen molar-refractivity contribution in [3.8, 4) is 11.1 Å². The van der Waals surface area contributed by atoms with E-state index in [-0.39, 0.29) is 12.6 Å². The molecule has 3 aromatic heterocycles. The van der Waals surface area contributed by atoms with Gasteiger partial charge >= 0.3 is 5.97 Å². The molecule has 0 aliphatic rings. The number of rotatable bonds is 11. The average molecular weight is 426 g/mol. The molecule has 0 unspecified atom stereocenters. The number of ether oxygens (including phenoxy) is 3. The minimum Gasteiger partial charge on any atom is -0.463 e. The summed E-state index contributed by atoms with van der Waals surface area (Å²) in [6.07, 6.45) is 5.46. The average Bonchev–Trinajstić information content (AvgIpc) is 3.14. The summed E-state index contributed by atoms with van der Waals surface area (Å²) < 4.78 is 18.1. The third-order valence-corrected chi connectivity index (χ3v) is 5.11. The zero-order valence-electron chi connectivity index (χ0n) is 18.8. The van der Waals surface area contributed by atoms with E-state index < -0.39 is 0 Å². The van der Waals surface area contributed by atoms with Crippen LogP contribution >= 0.6 is 0 Å². The second kappa shape index (κ2) is 11.0. The molecule has 0 radical (unpaired) electrons. The van der Waals surface area contributed by atoms with Crippen LogP contribution in [0.4, 0.5) is 0 Å². The van der Waals surface area contributed by atoms with Gasteiger partial charge in [0.2, 0.25) is 0 Å². The Kier molecular flexibility index (Phi) is 8.14. The number of carbonyl (C=O) groups is 1. The molecule has 0 aromatic carbocycles. The van der Waals surface area contributed by atoms with Gasteiger partial charge in [0.15, 0.2) is 0 Å². The van der Waals surface area contributed by atoms with Crippen molar-refractivity contribution in [3.63, 3.8) is 0 Å². The molecular formula is C24H31N3O4. The summed E-state index contributed by atoms with van der Waals surface area (Å²) >= 11 is 0. The maximum atomic E-state index is 10.7. The Hall–Kier alpha value is -2.77. The van der Waals surface area contributed by atoms with Crippen molar-refractivity contribution in [3.05, 3.63) is 53.1 Å². The lowest BCUT2D eigenvalue weighted by atomic mass is 9.97. The van der Waals surface area contributed by atoms with Crippen LogP contribution < -0.4 is 0 Å². The molecule has 0 aliphatic heterocycles. The molecular weight excluding hydrogens is 394 g/mol. The maximum Gasteiger partial charge on any atom is 0.302 e. The molecule has 7 heteroatoms. The van der Waals surface area contributed by atoms with E-state index in [1.165, 1.54) is 23.7 Å². The lowest BCUT2D eigenvalue weighted by Crippen LogP contribution is -2.13. The van der Waals surface area contributed by atoms with Crippen LogP contribution in [0.2, 0.25) is 0 Å². The third kappa shape index (κ3) is 5.89. The molecule has 0 aliphatic carbocycles. The summed E-state index contributed by atoms with van der Waals surface area (Å²) in [4.78, 5) is 15.1. The van der Waals surface area contributed by atoms with Crippen molar-refractivity contribution in [1.82, 2.24) is 14.6 Å². The van der Waals surface area contributed by atoms with Crippen molar-refractivity contribution < 1.29 is 19.0 Å². The minimum absolute atomic E-state index is 0.269. The molecule has 0 spiro atoms. The first-order valence-corrected chi connectivity index (χ1v) is 10.7. The first kappa shape index (κ1) is 22.9. The van der Waals surface area contributed by atoms with Gasteiger partial charge in [0, 0.05) is 36.1 Å². The smallest absolute Gasteiger partial charge is 0.302 e. The number of pyridine rings is 1. The van der Waals surface area contributed by atoms with Gasteiger partial charge in [-0.1, -0.05) is 6.92 Å². The molecule has 0 saturated heterocycles. The quantitative estimate of drug-likeness (QED) is 0.344. The lowest BCUT2D eigenvalue weighted by molar-refractivity contribution is -0.142. The van der Waals surface area contributed by atoms with Crippen LogP contribution in [-0.4, -0.2) is 53.6 Å². The van der Waals surface area contributed by atoms with E-state index in [0.717, 1.165) is 35.2 Å². The van der Waals surface area contributed by atoms with Crippen LogP contribution in [0.3, 0.4) is 0 Å². The molecule has 0 N–H and O–H groups in total. The third-order valence-electron chi connectivity index (χ3n) is 5.11. The summed E-state index contributed by atoms with van der Waals surface area (Å²) in [5.41, 5.74) is 7.85. The number of fused-ring (bicyclic) bond motifs is 1. The fourth-order valence-corrected chi connectivity index (χ4v) is 3.65. The molecule has 3 rings (SSSR count). The van der Waals surface area contributed by atoms with E-state index in [1.807, 2.05) is 16.9 Å². The fourth-order valence-electron chi connectivity index (χ4n) is 3.65. The summed E-state index contributed by atoms with van der Waals surface area (Å²) in [5.74, 6) is -0.297. The lowest BCUT2D eigenvalue weighted by Gasteiger charge is -2.16. The Morgan fingerprint density at radius 1 is 1.03 bits per heavy atom. The molecule has 3 aromatic rings. The van der Waals surface area contributed by atoms with Gasteiger partial charge in [-0.25, -0.2) is 4.52 Å². The summed E-state index contributed by atoms with van der Waals surface area (Å²) in [6.45, 7) is 9.80. The van der Waals surface area contributed by atoms with Crippen LogP contribution in [0, 0.1) is 13.8 Å². The predicted octanol–water partition coefficient (Wildman–Crippen LogP) is 3.71. The molecule has 0 fully saturated rings. The number of aryl methyl sites for hydroxylation is 3. The molecule has 166 valence electrons. The molecule has 0 saturated carbocycles. The Bertz CT molecular complexity index is 1030. The van der Waals surface area contributed by atoms with Gasteiger partial charge in [0.1, 0.15) is 6.61 Å². The highest BCUT2D eigenvalue weighted by Gasteiger charge is 2.17. The Balaban J connectivity index is 1.71. The van der Waals surface area contributed by atoms with E-state index in [9.17, 15) is 4.79 Å². The number of carbonyl (C=O) groups excluding carboxylic acids is 1. The van der Waals surface area contributed by atoms with Crippen molar-refractivity contribution in [1.29, 1.82) is 0 Å². The largest absolute Gasteiger partial charge is 0.463 e. The van der Waals surface area contributed by atoms with E-state index in [1.54, 1.807) is 0 Å². The molecule has 0 atom stereocenters. The Labute approximate surface area is 183 Å². The van der Waals surface area contributed by atoms with Gasteiger partial charge < -0.3 is 14.2 Å². The van der Waals surface area contributed by atoms with Crippen LogP contribution in [0.15, 0.2) is 30.6 Å². The van der Waals surface area contributed by atoms with E-state index in [4.69, 9.17) is 19.3 Å². The molecule has 31 heavy (non-hydrogen) atoms. The van der Waals surface area contributed by atoms with Gasteiger partial charge in [-0.3, -0.25) is 9.78 Å². The number of hydrogen-bond acceptors (Lipinski definition) is 6. The highest BCUT2D eigenvalue weighted by Crippen LogP contribution is 2.31. The molecule has 0 amide bonds. The van der Waals surface area contributed by atoms with Crippen molar-refractivity contribution >= 4 is 11.5 Å². The number of aromatic nitrogens is 3. The normalized spacial score (nSPS) is 11.2. The first-order valence-electron chi connectivity index (χ1n) is 10.7. The van der Waals surface area contributed by atoms with Gasteiger partial charge in [-0.2, -0.15) is 5.10 Å². The van der Waals surface area contributed by atoms with Gasteiger partial charge in [-0.15, -0.1) is 0 Å². The second-order valence-corrected chi connectivity index (χ2v) is 7.48. The zero-order chi connectivity index (χ0) is 22.2. The van der Waals surface area contributed by atoms with Crippen molar-refractivity contribution in [2.24, 2.45) is 0 Å². The standard InChI is InChI=1S/C24H31N3O4/c1-5-21-6-7-23-24(20-14-17(2)15-25-16-20)22(18(3)26-27(21)23)8-9-29-10-11-30-12-13-31-19(4)28/h6-7,14-16H,5,8-13H2,1-4H3. The first-order chi connectivity index (χ1) is 15.0. The highest BCUT2D eigenvalue weighted by atomic mass is 16.6. The Morgan fingerprint density at radius 3 is 2.48 bits per heavy atom. The SMILES string of the molecule is CCc1ccc2c(-c3cncc(C)c3)c(CCOCCOCCOC(C)=O)c(C)nn12. The molecule has 0 bridgehead atoms. The van der Waals surface area contributed by atoms with Crippen LogP contribution in [0.1, 0.15) is 36.4 Å². The van der Waals surface area contributed by atoms with Crippen LogP contribution in [0.5, 0.6) is 0 Å². The number of nitrogens with zero attached hydrogens (tertiary/aromatic N) is 3. The molecule has 7 nitrogen and oxygen atoms in total. The summed E-state index contributed by atoms with van der Waals surface area (Å²) in [7, 11) is 0. The summed E-state index contributed by atoms with van der Waals surface area (Å²) in [6, 6.07) is 6.45. The van der Waals surface area contributed by atoms with Crippen molar-refractivity contribution in [2.45, 2.75) is 40.5 Å². The predicted molar refractivity (Wildman–Crippen MR) is 119 cm³/mol. The number of hydrogen-bond donors (Lipinski definition) is 0. The zero-order valence-corrected chi connectivity index (χ0v) is 18.8. The second-order valence-electron chi connectivity index (χ2n) is 7.48. The summed E-state index contributed by atoms with van der Waals surface area (Å²) in [5, 5.41) is 4.85. The fraction of sp³-hybridized carbons (Fsp3) is 0.458. The van der Waals surface area contributed by atoms with Crippen LogP contribution in [-0.2, 0) is 31.8 Å². The van der Waals surface area contributed by atoms with Gasteiger partial charge in [-0.05, 0) is 56.0 Å². The number of esters is 1. The highest BCUT2D eigenvalue weighted by molar-refractivity contribution is 5.83. The topological polar surface area (TPSA) is 74.9 Å². The molecule has 3 heterocycles. The van der Waals surface area contributed by atoms with E-state index in [2.05, 4.69) is 44.0 Å². The maximum absolute atomic E-state index is 10.7. The van der Waals surface area contributed by atoms with E-state index >= 15 is 0 Å². The van der Waals surface area contributed by atoms with Gasteiger partial charge in [0.25, 0.3) is 0 Å². The van der Waals surface area contributed by atoms with Gasteiger partial charge in [0.05, 0.1) is 37.6 Å².